The van der Waals surface area contributed by atoms with Crippen molar-refractivity contribution in [1.82, 2.24) is 0 Å². The number of hydrogen-bond donors (Lipinski definition) is 1. The van der Waals surface area contributed by atoms with E-state index in [4.69, 9.17) is 9.84 Å². The number of carboxylic acid groups (broad SMARTS) is 1. The Hall–Kier alpha value is -1.10. The van der Waals surface area contributed by atoms with E-state index in [1.54, 1.807) is 13.0 Å². The van der Waals surface area contributed by atoms with E-state index in [1.807, 2.05) is 0 Å². The molecule has 0 unspecified atom stereocenters. The summed E-state index contributed by atoms with van der Waals surface area (Å²) >= 11 is 3.01. The quantitative estimate of drug-likeness (QED) is 0.920. The Bertz CT molecular complexity index is 368. The van der Waals surface area contributed by atoms with Crippen molar-refractivity contribution < 1.29 is 19.0 Å². The average molecular weight is 277 g/mol. The lowest BCUT2D eigenvalue weighted by Crippen LogP contribution is -2.16. The van der Waals surface area contributed by atoms with Crippen molar-refractivity contribution in [1.29, 1.82) is 0 Å². The smallest absolute Gasteiger partial charge is 0.307 e. The number of halogens is 2. The average Bonchev–Trinajstić information content (AvgIpc) is 2.10. The summed E-state index contributed by atoms with van der Waals surface area (Å²) in [6.45, 7) is 1.62. The molecular weight excluding hydrogens is 267 g/mol. The third-order valence-electron chi connectivity index (χ3n) is 1.69. The molecule has 0 aliphatic heterocycles. The number of hydrogen-bond acceptors (Lipinski definition) is 2. The van der Waals surface area contributed by atoms with Crippen molar-refractivity contribution in [2.75, 3.05) is 0 Å². The summed E-state index contributed by atoms with van der Waals surface area (Å²) in [6.07, 6.45) is -0.597. The summed E-state index contributed by atoms with van der Waals surface area (Å²) in [5.41, 5.74) is 0. The topological polar surface area (TPSA) is 46.5 Å². The SMILES string of the molecule is C[C@@H](CC(=O)O)Oc1ccc(Br)c(F)c1. The molecule has 0 heterocycles. The highest BCUT2D eigenvalue weighted by molar-refractivity contribution is 9.10. The van der Waals surface area contributed by atoms with Crippen molar-refractivity contribution in [3.05, 3.63) is 28.5 Å². The fraction of sp³-hybridized carbons (Fsp3) is 0.300. The van der Waals surface area contributed by atoms with Gasteiger partial charge in [-0.15, -0.1) is 0 Å². The third kappa shape index (κ3) is 3.87. The van der Waals surface area contributed by atoms with Crippen molar-refractivity contribution >= 4 is 21.9 Å². The number of rotatable bonds is 4. The molecule has 1 aromatic carbocycles. The van der Waals surface area contributed by atoms with E-state index in [1.165, 1.54) is 12.1 Å². The van der Waals surface area contributed by atoms with E-state index in [2.05, 4.69) is 15.9 Å². The molecule has 0 fully saturated rings. The van der Waals surface area contributed by atoms with E-state index in [9.17, 15) is 9.18 Å². The van der Waals surface area contributed by atoms with Gasteiger partial charge < -0.3 is 9.84 Å². The van der Waals surface area contributed by atoms with E-state index >= 15 is 0 Å². The molecule has 1 N–H and O–H groups in total. The second-order valence-electron chi connectivity index (χ2n) is 3.10. The molecule has 0 amide bonds. The first-order valence-electron chi connectivity index (χ1n) is 4.32. The molecule has 0 aliphatic rings. The monoisotopic (exact) mass is 276 g/mol. The van der Waals surface area contributed by atoms with Crippen LogP contribution in [-0.4, -0.2) is 17.2 Å². The Labute approximate surface area is 95.0 Å². The molecule has 3 nitrogen and oxygen atoms in total. The maximum Gasteiger partial charge on any atom is 0.307 e. The Morgan fingerprint density at radius 3 is 2.87 bits per heavy atom. The number of carbonyl (C=O) groups is 1. The molecule has 0 aromatic heterocycles. The summed E-state index contributed by atoms with van der Waals surface area (Å²) in [7, 11) is 0. The van der Waals surface area contributed by atoms with Gasteiger partial charge in [-0.3, -0.25) is 4.79 Å². The zero-order chi connectivity index (χ0) is 11.4. The Balaban J connectivity index is 2.64. The number of aliphatic carboxylic acids is 1. The second-order valence-corrected chi connectivity index (χ2v) is 3.96. The molecular formula is C10H10BrFO3. The fourth-order valence-corrected chi connectivity index (χ4v) is 1.32. The lowest BCUT2D eigenvalue weighted by Gasteiger charge is -2.12. The van der Waals surface area contributed by atoms with Gasteiger partial charge in [0.1, 0.15) is 17.7 Å². The molecule has 0 saturated heterocycles. The summed E-state index contributed by atoms with van der Waals surface area (Å²) in [5, 5.41) is 8.50. The Kier molecular flexibility index (Phi) is 4.08. The van der Waals surface area contributed by atoms with Crippen LogP contribution >= 0.6 is 15.9 Å². The minimum Gasteiger partial charge on any atom is -0.490 e. The largest absolute Gasteiger partial charge is 0.490 e. The highest BCUT2D eigenvalue weighted by Gasteiger charge is 2.10. The van der Waals surface area contributed by atoms with Gasteiger partial charge in [0.2, 0.25) is 0 Å². The molecule has 1 aromatic rings. The highest BCUT2D eigenvalue weighted by Crippen LogP contribution is 2.22. The first-order valence-corrected chi connectivity index (χ1v) is 5.12. The van der Waals surface area contributed by atoms with Crippen LogP contribution in [0.2, 0.25) is 0 Å². The maximum atomic E-state index is 13.0. The van der Waals surface area contributed by atoms with Crippen molar-refractivity contribution in [3.8, 4) is 5.75 Å². The molecule has 5 heteroatoms. The van der Waals surface area contributed by atoms with Crippen LogP contribution < -0.4 is 4.74 Å². The summed E-state index contributed by atoms with van der Waals surface area (Å²) in [5.74, 6) is -1.06. The predicted octanol–water partition coefficient (Wildman–Crippen LogP) is 2.83. The number of benzene rings is 1. The zero-order valence-corrected chi connectivity index (χ0v) is 9.62. The van der Waals surface area contributed by atoms with Gasteiger partial charge in [0.15, 0.2) is 0 Å². The minimum absolute atomic E-state index is 0.113. The van der Waals surface area contributed by atoms with Crippen LogP contribution in [0.25, 0.3) is 0 Å². The van der Waals surface area contributed by atoms with Gasteiger partial charge in [0.25, 0.3) is 0 Å². The van der Waals surface area contributed by atoms with E-state index in [0.717, 1.165) is 0 Å². The Morgan fingerprint density at radius 1 is 1.67 bits per heavy atom. The van der Waals surface area contributed by atoms with Crippen LogP contribution in [0, 0.1) is 5.82 Å². The highest BCUT2D eigenvalue weighted by atomic mass is 79.9. The molecule has 0 radical (unpaired) electrons. The molecule has 1 rings (SSSR count). The molecule has 0 saturated carbocycles. The molecule has 0 aliphatic carbocycles. The van der Waals surface area contributed by atoms with Crippen molar-refractivity contribution in [3.63, 3.8) is 0 Å². The summed E-state index contributed by atoms with van der Waals surface area (Å²) in [6, 6.07) is 4.30. The summed E-state index contributed by atoms with van der Waals surface area (Å²) in [4.78, 5) is 10.4. The van der Waals surface area contributed by atoms with Crippen LogP contribution in [0.15, 0.2) is 22.7 Å². The lowest BCUT2D eigenvalue weighted by atomic mass is 10.3. The van der Waals surface area contributed by atoms with Crippen molar-refractivity contribution in [2.45, 2.75) is 19.4 Å². The normalized spacial score (nSPS) is 12.2. The van der Waals surface area contributed by atoms with Crippen LogP contribution in [-0.2, 0) is 4.79 Å². The molecule has 0 bridgehead atoms. The van der Waals surface area contributed by atoms with Crippen LogP contribution in [0.4, 0.5) is 4.39 Å². The van der Waals surface area contributed by atoms with Gasteiger partial charge in [-0.1, -0.05) is 0 Å². The lowest BCUT2D eigenvalue weighted by molar-refractivity contribution is -0.138. The van der Waals surface area contributed by atoms with E-state index < -0.39 is 17.9 Å². The fourth-order valence-electron chi connectivity index (χ4n) is 1.07. The first-order chi connectivity index (χ1) is 6.99. The van der Waals surface area contributed by atoms with Crippen LogP contribution in [0.1, 0.15) is 13.3 Å². The Morgan fingerprint density at radius 2 is 2.33 bits per heavy atom. The van der Waals surface area contributed by atoms with Gasteiger partial charge in [0, 0.05) is 6.07 Å². The van der Waals surface area contributed by atoms with E-state index in [0.29, 0.717) is 10.2 Å². The maximum absolute atomic E-state index is 13.0. The summed E-state index contributed by atoms with van der Waals surface area (Å²) < 4.78 is 18.6. The molecule has 15 heavy (non-hydrogen) atoms. The molecule has 0 spiro atoms. The van der Waals surface area contributed by atoms with Crippen LogP contribution in [0.5, 0.6) is 5.75 Å². The van der Waals surface area contributed by atoms with E-state index in [-0.39, 0.29) is 6.42 Å². The predicted molar refractivity (Wildman–Crippen MR) is 56.4 cm³/mol. The molecule has 82 valence electrons. The van der Waals surface area contributed by atoms with Gasteiger partial charge in [0.05, 0.1) is 10.9 Å². The van der Waals surface area contributed by atoms with Gasteiger partial charge in [-0.2, -0.15) is 0 Å². The third-order valence-corrected chi connectivity index (χ3v) is 2.33. The first kappa shape index (κ1) is 12.0. The zero-order valence-electron chi connectivity index (χ0n) is 8.04. The van der Waals surface area contributed by atoms with Crippen molar-refractivity contribution in [2.24, 2.45) is 0 Å². The standard InChI is InChI=1S/C10H10BrFO3/c1-6(4-10(13)14)15-7-2-3-8(11)9(12)5-7/h2-3,5-6H,4H2,1H3,(H,13,14)/t6-/m0/s1. The van der Waals surface area contributed by atoms with Crippen LogP contribution in [0.3, 0.4) is 0 Å². The van der Waals surface area contributed by atoms with Gasteiger partial charge in [-0.25, -0.2) is 4.39 Å². The molecule has 1 atom stereocenters. The van der Waals surface area contributed by atoms with Gasteiger partial charge >= 0.3 is 5.97 Å². The number of ether oxygens (including phenoxy) is 1. The van der Waals surface area contributed by atoms with Gasteiger partial charge in [-0.05, 0) is 35.0 Å². The second kappa shape index (κ2) is 5.11. The number of carboxylic acids is 1. The minimum atomic E-state index is -0.944.